The maximum absolute atomic E-state index is 11.7. The molecule has 0 radical (unpaired) electrons. The highest BCUT2D eigenvalue weighted by Gasteiger charge is 2.44. The first-order chi connectivity index (χ1) is 11.9. The number of carbonyl (C=O) groups is 2. The molecule has 4 atom stereocenters. The number of hydrogen-bond donors (Lipinski definition) is 5. The molecule has 0 saturated carbocycles. The van der Waals surface area contributed by atoms with Gasteiger partial charge in [0.15, 0.2) is 6.10 Å². The minimum absolute atomic E-state index is 0.352. The van der Waals surface area contributed by atoms with Gasteiger partial charge in [-0.05, 0) is 17.3 Å². The van der Waals surface area contributed by atoms with Crippen molar-refractivity contribution >= 4 is 23.6 Å². The number of nitrogens with one attached hydrogen (secondary N) is 2. The van der Waals surface area contributed by atoms with E-state index >= 15 is 0 Å². The molecule has 1 aliphatic heterocycles. The largest absolute Gasteiger partial charge is 0.468 e. The zero-order valence-corrected chi connectivity index (χ0v) is 13.3. The maximum atomic E-state index is 11.7. The molecule has 0 unspecified atom stereocenters. The number of aliphatic hydroxyl groups is 3. The van der Waals surface area contributed by atoms with Gasteiger partial charge in [-0.25, -0.2) is 4.79 Å². The van der Waals surface area contributed by atoms with Crippen molar-refractivity contribution in [2.24, 2.45) is 5.16 Å². The normalized spacial score (nSPS) is 27.3. The Morgan fingerprint density at radius 3 is 2.52 bits per heavy atom. The summed E-state index contributed by atoms with van der Waals surface area (Å²) in [5.74, 6) is -0.876. The quantitative estimate of drug-likeness (QED) is 0.350. The lowest BCUT2D eigenvalue weighted by molar-refractivity contribution is -0.126. The van der Waals surface area contributed by atoms with Crippen molar-refractivity contribution in [3.05, 3.63) is 30.3 Å². The highest BCUT2D eigenvalue weighted by atomic mass is 16.7. The predicted molar refractivity (Wildman–Crippen MR) is 85.6 cm³/mol. The van der Waals surface area contributed by atoms with Crippen LogP contribution in [0.1, 0.15) is 6.92 Å². The Morgan fingerprint density at radius 1 is 1.24 bits per heavy atom. The van der Waals surface area contributed by atoms with Crippen LogP contribution in [0.4, 0.5) is 10.5 Å². The average molecular weight is 353 g/mol. The summed E-state index contributed by atoms with van der Waals surface area (Å²) in [7, 11) is 0. The van der Waals surface area contributed by atoms with Crippen LogP contribution in [0.3, 0.4) is 0 Å². The van der Waals surface area contributed by atoms with Crippen LogP contribution in [0.25, 0.3) is 0 Å². The number of para-hydroxylation sites is 1. The predicted octanol–water partition coefficient (Wildman–Crippen LogP) is -0.834. The molecule has 1 saturated heterocycles. The summed E-state index contributed by atoms with van der Waals surface area (Å²) >= 11 is 0. The second-order valence-electron chi connectivity index (χ2n) is 5.30. The van der Waals surface area contributed by atoms with Crippen molar-refractivity contribution in [2.75, 3.05) is 11.9 Å². The molecule has 25 heavy (non-hydrogen) atoms. The second-order valence-corrected chi connectivity index (χ2v) is 5.30. The maximum Gasteiger partial charge on any atom is 0.437 e. The van der Waals surface area contributed by atoms with E-state index in [0.29, 0.717) is 5.69 Å². The van der Waals surface area contributed by atoms with Crippen LogP contribution in [0.2, 0.25) is 0 Å². The van der Waals surface area contributed by atoms with E-state index in [2.05, 4.69) is 20.6 Å². The van der Waals surface area contributed by atoms with Crippen molar-refractivity contribution < 1.29 is 34.5 Å². The van der Waals surface area contributed by atoms with Gasteiger partial charge in [-0.15, -0.1) is 0 Å². The van der Waals surface area contributed by atoms with Gasteiger partial charge in [0.2, 0.25) is 5.91 Å². The van der Waals surface area contributed by atoms with Crippen LogP contribution in [0, 0.1) is 0 Å². The standard InChI is InChI=1S/C15H19N3O7/c1-8(20)16-11-13(22)12(21)10(7-19)24-14(11)18-25-15(23)17-9-5-3-2-4-6-9/h2-6,10-13,19,21-22H,7H2,1H3,(H,16,20)(H,17,23)/b18-14+/t10-,11-,12-,13-/m1/s1. The van der Waals surface area contributed by atoms with Gasteiger partial charge in [-0.3, -0.25) is 14.9 Å². The Balaban J connectivity index is 2.09. The number of nitrogens with zero attached hydrogens (tertiary/aromatic N) is 1. The van der Waals surface area contributed by atoms with Crippen LogP contribution < -0.4 is 10.6 Å². The summed E-state index contributed by atoms with van der Waals surface area (Å²) in [4.78, 5) is 27.7. The first-order valence-electron chi connectivity index (χ1n) is 7.44. The number of amides is 2. The van der Waals surface area contributed by atoms with Crippen LogP contribution in [-0.4, -0.2) is 64.2 Å². The summed E-state index contributed by atoms with van der Waals surface area (Å²) in [5.41, 5.74) is 0.472. The number of aliphatic hydroxyl groups excluding tert-OH is 3. The number of oxime groups is 1. The van der Waals surface area contributed by atoms with Gasteiger partial charge in [-0.2, -0.15) is 0 Å². The topological polar surface area (TPSA) is 150 Å². The fourth-order valence-corrected chi connectivity index (χ4v) is 2.20. The third-order valence-electron chi connectivity index (χ3n) is 3.39. The lowest BCUT2D eigenvalue weighted by Gasteiger charge is -2.37. The number of ether oxygens (including phenoxy) is 1. The number of rotatable bonds is 4. The smallest absolute Gasteiger partial charge is 0.437 e. The molecule has 2 amide bonds. The van der Waals surface area contributed by atoms with E-state index in [1.807, 2.05) is 0 Å². The number of anilines is 1. The van der Waals surface area contributed by atoms with Crippen LogP contribution in [-0.2, 0) is 14.4 Å². The molecule has 1 aliphatic rings. The Labute approximate surface area is 143 Å². The highest BCUT2D eigenvalue weighted by Crippen LogP contribution is 2.18. The van der Waals surface area contributed by atoms with Crippen molar-refractivity contribution in [3.63, 3.8) is 0 Å². The first kappa shape index (κ1) is 18.6. The lowest BCUT2D eigenvalue weighted by Crippen LogP contribution is -2.62. The number of benzene rings is 1. The van der Waals surface area contributed by atoms with Crippen molar-refractivity contribution in [1.82, 2.24) is 5.32 Å². The van der Waals surface area contributed by atoms with Crippen molar-refractivity contribution in [1.29, 1.82) is 0 Å². The lowest BCUT2D eigenvalue weighted by atomic mass is 9.97. The zero-order chi connectivity index (χ0) is 18.4. The van der Waals surface area contributed by atoms with Gasteiger partial charge in [0.1, 0.15) is 18.2 Å². The molecular formula is C15H19N3O7. The Hall–Kier alpha value is -2.69. The third kappa shape index (κ3) is 4.89. The minimum atomic E-state index is -1.51. The molecule has 1 heterocycles. The van der Waals surface area contributed by atoms with Gasteiger partial charge in [0.25, 0.3) is 5.90 Å². The summed E-state index contributed by atoms with van der Waals surface area (Å²) in [6.07, 6.45) is -5.07. The summed E-state index contributed by atoms with van der Waals surface area (Å²) < 4.78 is 5.20. The van der Waals surface area contributed by atoms with E-state index in [1.165, 1.54) is 6.92 Å². The molecule has 0 aliphatic carbocycles. The van der Waals surface area contributed by atoms with E-state index in [0.717, 1.165) is 0 Å². The molecule has 1 fully saturated rings. The molecule has 0 spiro atoms. The molecule has 0 bridgehead atoms. The highest BCUT2D eigenvalue weighted by molar-refractivity contribution is 5.89. The van der Waals surface area contributed by atoms with Gasteiger partial charge in [0, 0.05) is 12.6 Å². The number of hydrogen-bond acceptors (Lipinski definition) is 8. The zero-order valence-electron chi connectivity index (χ0n) is 13.3. The van der Waals surface area contributed by atoms with Crippen molar-refractivity contribution in [2.45, 2.75) is 31.3 Å². The Kier molecular flexibility index (Phi) is 6.28. The molecule has 136 valence electrons. The van der Waals surface area contributed by atoms with Crippen LogP contribution >= 0.6 is 0 Å². The summed E-state index contributed by atoms with van der Waals surface area (Å²) in [6, 6.07) is 7.22. The fourth-order valence-electron chi connectivity index (χ4n) is 2.20. The van der Waals surface area contributed by atoms with Gasteiger partial charge < -0.3 is 25.4 Å². The van der Waals surface area contributed by atoms with E-state index in [9.17, 15) is 24.9 Å². The molecular weight excluding hydrogens is 334 g/mol. The molecule has 1 aromatic rings. The first-order valence-corrected chi connectivity index (χ1v) is 7.44. The van der Waals surface area contributed by atoms with Crippen molar-refractivity contribution in [3.8, 4) is 0 Å². The Morgan fingerprint density at radius 2 is 1.92 bits per heavy atom. The molecule has 10 nitrogen and oxygen atoms in total. The van der Waals surface area contributed by atoms with E-state index < -0.39 is 43.0 Å². The second kappa shape index (κ2) is 8.42. The monoisotopic (exact) mass is 353 g/mol. The Bertz CT molecular complexity index is 637. The summed E-state index contributed by atoms with van der Waals surface area (Å²) in [5, 5.41) is 37.3. The van der Waals surface area contributed by atoms with Gasteiger partial charge in [-0.1, -0.05) is 18.2 Å². The average Bonchev–Trinajstić information content (AvgIpc) is 2.59. The molecule has 0 aromatic heterocycles. The van der Waals surface area contributed by atoms with E-state index in [1.54, 1.807) is 30.3 Å². The molecule has 1 aromatic carbocycles. The van der Waals surface area contributed by atoms with Gasteiger partial charge >= 0.3 is 6.09 Å². The fraction of sp³-hybridized carbons (Fsp3) is 0.400. The molecule has 10 heteroatoms. The minimum Gasteiger partial charge on any atom is -0.468 e. The molecule has 5 N–H and O–H groups in total. The number of carbonyl (C=O) groups excluding carboxylic acids is 2. The SMILES string of the molecule is CC(=O)N[C@H]1/C(=N\OC(=O)Nc2ccccc2)O[C@H](CO)[C@@H](O)[C@@H]1O. The molecule has 2 rings (SSSR count). The van der Waals surface area contributed by atoms with E-state index in [-0.39, 0.29) is 5.90 Å². The van der Waals surface area contributed by atoms with E-state index in [4.69, 9.17) is 4.74 Å². The van der Waals surface area contributed by atoms with Crippen LogP contribution in [0.5, 0.6) is 0 Å². The van der Waals surface area contributed by atoms with Crippen LogP contribution in [0.15, 0.2) is 35.5 Å². The van der Waals surface area contributed by atoms with Gasteiger partial charge in [0.05, 0.1) is 6.61 Å². The summed E-state index contributed by atoms with van der Waals surface area (Å²) in [6.45, 7) is 0.581. The third-order valence-corrected chi connectivity index (χ3v) is 3.39.